The number of hydrogen-bond acceptors (Lipinski definition) is 5. The predicted octanol–water partition coefficient (Wildman–Crippen LogP) is 2.04. The Labute approximate surface area is 156 Å². The first-order chi connectivity index (χ1) is 12.3. The first-order valence-electron chi connectivity index (χ1n) is 8.31. The number of nitrogens with zero attached hydrogens (tertiary/aromatic N) is 3. The molecule has 0 bridgehead atoms. The van der Waals surface area contributed by atoms with Crippen molar-refractivity contribution in [1.29, 1.82) is 0 Å². The summed E-state index contributed by atoms with van der Waals surface area (Å²) in [7, 11) is 0. The Balaban J connectivity index is 1.76. The van der Waals surface area contributed by atoms with E-state index < -0.39 is 0 Å². The summed E-state index contributed by atoms with van der Waals surface area (Å²) in [6.45, 7) is 4.39. The summed E-state index contributed by atoms with van der Waals surface area (Å²) in [4.78, 5) is 33.8. The van der Waals surface area contributed by atoms with Crippen LogP contribution in [0, 0.1) is 6.92 Å². The van der Waals surface area contributed by atoms with Crippen LogP contribution in [0.25, 0.3) is 11.3 Å². The van der Waals surface area contributed by atoms with Gasteiger partial charge >= 0.3 is 0 Å². The van der Waals surface area contributed by atoms with Gasteiger partial charge in [-0.25, -0.2) is 9.97 Å². The Kier molecular flexibility index (Phi) is 5.08. The molecule has 1 aliphatic rings. The zero-order valence-corrected chi connectivity index (χ0v) is 15.4. The monoisotopic (exact) mass is 373 g/mol. The molecule has 2 aromatic rings. The molecule has 0 unspecified atom stereocenters. The lowest BCUT2D eigenvalue weighted by molar-refractivity contribution is -0.119. The third kappa shape index (κ3) is 3.77. The molecule has 0 aliphatic carbocycles. The van der Waals surface area contributed by atoms with Crippen LogP contribution < -0.4 is 11.1 Å². The van der Waals surface area contributed by atoms with E-state index in [0.717, 1.165) is 12.0 Å². The first kappa shape index (κ1) is 18.1. The van der Waals surface area contributed by atoms with Gasteiger partial charge in [0.2, 0.25) is 11.9 Å². The highest BCUT2D eigenvalue weighted by molar-refractivity contribution is 6.33. The molecule has 1 atom stereocenters. The molecule has 1 aliphatic heterocycles. The summed E-state index contributed by atoms with van der Waals surface area (Å²) in [6.07, 6.45) is 0.762. The van der Waals surface area contributed by atoms with Crippen LogP contribution in [0.15, 0.2) is 24.3 Å². The molecule has 2 amide bonds. The number of aryl methyl sites for hydroxylation is 1. The van der Waals surface area contributed by atoms with Gasteiger partial charge in [-0.05, 0) is 25.5 Å². The van der Waals surface area contributed by atoms with Crippen molar-refractivity contribution in [2.24, 2.45) is 0 Å². The standard InChI is InChI=1S/C18H20ClN5O2/c1-10-15(19)16(23-18(20)21-10)12-3-5-13(6-4-12)17(26)24-8-7-14(9-24)22-11(2)25/h3-6,14H,7-9H2,1-2H3,(H,22,25)(H2,20,21,23)/t14-/m1/s1. The number of rotatable bonds is 3. The number of amides is 2. The number of halogens is 1. The Bertz CT molecular complexity index is 853. The van der Waals surface area contributed by atoms with E-state index in [1.807, 2.05) is 0 Å². The van der Waals surface area contributed by atoms with Gasteiger partial charge in [0.1, 0.15) is 0 Å². The van der Waals surface area contributed by atoms with E-state index in [1.54, 1.807) is 36.1 Å². The van der Waals surface area contributed by atoms with Crippen molar-refractivity contribution in [3.63, 3.8) is 0 Å². The Morgan fingerprint density at radius 1 is 1.27 bits per heavy atom. The smallest absolute Gasteiger partial charge is 0.253 e. The molecule has 1 fully saturated rings. The van der Waals surface area contributed by atoms with Crippen LogP contribution in [0.2, 0.25) is 5.02 Å². The predicted molar refractivity (Wildman–Crippen MR) is 99.8 cm³/mol. The fourth-order valence-corrected chi connectivity index (χ4v) is 3.27. The van der Waals surface area contributed by atoms with Gasteiger partial charge in [-0.2, -0.15) is 0 Å². The fourth-order valence-electron chi connectivity index (χ4n) is 3.08. The van der Waals surface area contributed by atoms with Crippen molar-refractivity contribution in [2.75, 3.05) is 18.8 Å². The number of nitrogens with one attached hydrogen (secondary N) is 1. The number of anilines is 1. The van der Waals surface area contributed by atoms with Crippen molar-refractivity contribution in [3.8, 4) is 11.3 Å². The zero-order valence-electron chi connectivity index (χ0n) is 14.6. The summed E-state index contributed by atoms with van der Waals surface area (Å²) in [5.41, 5.74) is 8.19. The molecule has 8 heteroatoms. The minimum atomic E-state index is -0.0788. The van der Waals surface area contributed by atoms with Crippen LogP contribution in [0.3, 0.4) is 0 Å². The van der Waals surface area contributed by atoms with Gasteiger partial charge in [0.05, 0.1) is 16.4 Å². The Hall–Kier alpha value is -2.67. The Morgan fingerprint density at radius 2 is 1.96 bits per heavy atom. The highest BCUT2D eigenvalue weighted by atomic mass is 35.5. The van der Waals surface area contributed by atoms with Crippen LogP contribution in [-0.2, 0) is 4.79 Å². The molecular weight excluding hydrogens is 354 g/mol. The van der Waals surface area contributed by atoms with Crippen molar-refractivity contribution in [1.82, 2.24) is 20.2 Å². The van der Waals surface area contributed by atoms with Crippen molar-refractivity contribution in [3.05, 3.63) is 40.5 Å². The van der Waals surface area contributed by atoms with Gasteiger partial charge in [-0.1, -0.05) is 23.7 Å². The summed E-state index contributed by atoms with van der Waals surface area (Å²) < 4.78 is 0. The summed E-state index contributed by atoms with van der Waals surface area (Å²) >= 11 is 6.27. The van der Waals surface area contributed by atoms with E-state index in [2.05, 4.69) is 15.3 Å². The molecule has 3 N–H and O–H groups in total. The second kappa shape index (κ2) is 7.29. The van der Waals surface area contributed by atoms with Crippen LogP contribution >= 0.6 is 11.6 Å². The average molecular weight is 374 g/mol. The van der Waals surface area contributed by atoms with Gasteiger partial charge < -0.3 is 16.0 Å². The summed E-state index contributed by atoms with van der Waals surface area (Å²) in [5.74, 6) is 0.0157. The van der Waals surface area contributed by atoms with Crippen molar-refractivity contribution in [2.45, 2.75) is 26.3 Å². The highest BCUT2D eigenvalue weighted by Crippen LogP contribution is 2.29. The number of likely N-dealkylation sites (tertiary alicyclic amines) is 1. The number of nitrogen functional groups attached to an aromatic ring is 1. The Morgan fingerprint density at radius 3 is 2.62 bits per heavy atom. The second-order valence-corrected chi connectivity index (χ2v) is 6.72. The second-order valence-electron chi connectivity index (χ2n) is 6.34. The van der Waals surface area contributed by atoms with E-state index in [4.69, 9.17) is 17.3 Å². The van der Waals surface area contributed by atoms with Gasteiger partial charge in [0.15, 0.2) is 0 Å². The number of carbonyl (C=O) groups is 2. The minimum Gasteiger partial charge on any atom is -0.368 e. The normalized spacial score (nSPS) is 16.6. The topological polar surface area (TPSA) is 101 Å². The highest BCUT2D eigenvalue weighted by Gasteiger charge is 2.27. The third-order valence-corrected chi connectivity index (χ3v) is 4.77. The molecule has 1 aromatic heterocycles. The first-order valence-corrected chi connectivity index (χ1v) is 8.69. The minimum absolute atomic E-state index is 0.0153. The fraction of sp³-hybridized carbons (Fsp3) is 0.333. The number of benzene rings is 1. The van der Waals surface area contributed by atoms with Crippen LogP contribution in [-0.4, -0.2) is 45.8 Å². The third-order valence-electron chi connectivity index (χ3n) is 4.32. The van der Waals surface area contributed by atoms with E-state index >= 15 is 0 Å². The van der Waals surface area contributed by atoms with Crippen LogP contribution in [0.5, 0.6) is 0 Å². The van der Waals surface area contributed by atoms with Gasteiger partial charge in [-0.15, -0.1) is 0 Å². The number of carbonyl (C=O) groups excluding carboxylic acids is 2. The molecule has 1 aromatic carbocycles. The molecule has 0 spiro atoms. The van der Waals surface area contributed by atoms with Gasteiger partial charge in [-0.3, -0.25) is 9.59 Å². The maximum atomic E-state index is 12.6. The number of nitrogens with two attached hydrogens (primary N) is 1. The number of hydrogen-bond donors (Lipinski definition) is 2. The zero-order chi connectivity index (χ0) is 18.8. The molecular formula is C18H20ClN5O2. The molecule has 3 rings (SSSR count). The largest absolute Gasteiger partial charge is 0.368 e. The van der Waals surface area contributed by atoms with Crippen LogP contribution in [0.1, 0.15) is 29.4 Å². The molecule has 2 heterocycles. The van der Waals surface area contributed by atoms with E-state index in [-0.39, 0.29) is 23.8 Å². The molecule has 26 heavy (non-hydrogen) atoms. The lowest BCUT2D eigenvalue weighted by Crippen LogP contribution is -2.37. The molecule has 7 nitrogen and oxygen atoms in total. The van der Waals surface area contributed by atoms with E-state index in [9.17, 15) is 9.59 Å². The quantitative estimate of drug-likeness (QED) is 0.857. The van der Waals surface area contributed by atoms with E-state index in [0.29, 0.717) is 35.1 Å². The lowest BCUT2D eigenvalue weighted by atomic mass is 10.1. The average Bonchev–Trinajstić information content (AvgIpc) is 3.05. The number of aromatic nitrogens is 2. The summed E-state index contributed by atoms with van der Waals surface area (Å²) in [6, 6.07) is 7.09. The molecule has 0 radical (unpaired) electrons. The SMILES string of the molecule is CC(=O)N[C@@H]1CCN(C(=O)c2ccc(-c3nc(N)nc(C)c3Cl)cc2)C1. The van der Waals surface area contributed by atoms with Crippen molar-refractivity contribution >= 4 is 29.4 Å². The summed E-state index contributed by atoms with van der Waals surface area (Å²) in [5, 5.41) is 3.29. The van der Waals surface area contributed by atoms with E-state index in [1.165, 1.54) is 6.92 Å². The lowest BCUT2D eigenvalue weighted by Gasteiger charge is -2.17. The maximum absolute atomic E-state index is 12.6. The molecule has 1 saturated heterocycles. The van der Waals surface area contributed by atoms with Gasteiger partial charge in [0.25, 0.3) is 5.91 Å². The maximum Gasteiger partial charge on any atom is 0.253 e. The molecule has 136 valence electrons. The van der Waals surface area contributed by atoms with Gasteiger partial charge in [0, 0.05) is 37.2 Å². The van der Waals surface area contributed by atoms with Crippen molar-refractivity contribution < 1.29 is 9.59 Å². The van der Waals surface area contributed by atoms with Crippen LogP contribution in [0.4, 0.5) is 5.95 Å². The molecule has 0 saturated carbocycles.